The number of aliphatic hydroxyl groups is 1. The van der Waals surface area contributed by atoms with Crippen LogP contribution in [0.3, 0.4) is 0 Å². The van der Waals surface area contributed by atoms with Gasteiger partial charge in [0.05, 0.1) is 6.33 Å². The van der Waals surface area contributed by atoms with E-state index in [9.17, 15) is 18.3 Å². The standard InChI is InChI=1S/C15H22N6O8S2/c1-30-3-2-7(16)15(23)27-4-8-11(29-31(24,25)26)10(22)14(28-8)21-6-20-9-12(17)18-5-19-13(9)21/h5-8,10-11,14,22H,2-4,16H2,1H3,(H2,17,18,19)(H,24,25,26)/t7-,8+,10+,11+,14+/m0/s1. The summed E-state index contributed by atoms with van der Waals surface area (Å²) in [4.78, 5) is 24.0. The lowest BCUT2D eigenvalue weighted by molar-refractivity contribution is -0.151. The Balaban J connectivity index is 1.80. The molecule has 0 radical (unpaired) electrons. The quantitative estimate of drug-likeness (QED) is 0.238. The smallest absolute Gasteiger partial charge is 0.397 e. The first kappa shape index (κ1) is 23.6. The van der Waals surface area contributed by atoms with Crippen molar-refractivity contribution in [1.82, 2.24) is 19.5 Å². The summed E-state index contributed by atoms with van der Waals surface area (Å²) in [5.41, 5.74) is 11.9. The van der Waals surface area contributed by atoms with Crippen LogP contribution >= 0.6 is 11.8 Å². The second-order valence-electron chi connectivity index (χ2n) is 6.65. The van der Waals surface area contributed by atoms with Crippen LogP contribution in [0.2, 0.25) is 0 Å². The summed E-state index contributed by atoms with van der Waals surface area (Å²) < 4.78 is 48.3. The number of aromatic nitrogens is 4. The van der Waals surface area contributed by atoms with Crippen molar-refractivity contribution in [3.63, 3.8) is 0 Å². The number of nitrogens with two attached hydrogens (primary N) is 2. The number of nitrogen functional groups attached to an aromatic ring is 1. The van der Waals surface area contributed by atoms with Gasteiger partial charge in [-0.05, 0) is 18.4 Å². The number of carbonyl (C=O) groups is 1. The van der Waals surface area contributed by atoms with Crippen molar-refractivity contribution in [2.75, 3.05) is 24.3 Å². The molecule has 6 N–H and O–H groups in total. The molecule has 0 aliphatic carbocycles. The van der Waals surface area contributed by atoms with Gasteiger partial charge >= 0.3 is 16.4 Å². The average Bonchev–Trinajstić information content (AvgIpc) is 3.26. The molecule has 16 heteroatoms. The minimum atomic E-state index is -4.96. The zero-order valence-electron chi connectivity index (χ0n) is 16.3. The summed E-state index contributed by atoms with van der Waals surface area (Å²) >= 11 is 1.51. The fraction of sp³-hybridized carbons (Fsp3) is 0.600. The largest absolute Gasteiger partial charge is 0.462 e. The van der Waals surface area contributed by atoms with E-state index in [4.69, 9.17) is 25.5 Å². The average molecular weight is 479 g/mol. The maximum Gasteiger partial charge on any atom is 0.397 e. The number of aliphatic hydroxyl groups excluding tert-OH is 1. The molecule has 0 amide bonds. The first-order valence-electron chi connectivity index (χ1n) is 8.95. The van der Waals surface area contributed by atoms with Crippen LogP contribution in [-0.2, 0) is 28.9 Å². The normalized spacial score (nSPS) is 25.0. The Morgan fingerprint density at radius 3 is 2.84 bits per heavy atom. The number of rotatable bonds is 9. The van der Waals surface area contributed by atoms with Gasteiger partial charge in [-0.2, -0.15) is 20.2 Å². The third kappa shape index (κ3) is 5.40. The highest BCUT2D eigenvalue weighted by atomic mass is 32.3. The molecule has 3 heterocycles. The van der Waals surface area contributed by atoms with E-state index in [0.29, 0.717) is 12.2 Å². The molecule has 0 aromatic carbocycles. The van der Waals surface area contributed by atoms with E-state index in [1.807, 2.05) is 6.26 Å². The lowest BCUT2D eigenvalue weighted by atomic mass is 10.1. The number of ether oxygens (including phenoxy) is 2. The Hall–Kier alpha value is -2.08. The van der Waals surface area contributed by atoms with Crippen LogP contribution in [0.25, 0.3) is 11.2 Å². The number of esters is 1. The molecule has 5 atom stereocenters. The van der Waals surface area contributed by atoms with Crippen LogP contribution in [0, 0.1) is 0 Å². The highest BCUT2D eigenvalue weighted by molar-refractivity contribution is 7.98. The first-order chi connectivity index (χ1) is 14.6. The van der Waals surface area contributed by atoms with Gasteiger partial charge in [-0.3, -0.25) is 13.9 Å². The van der Waals surface area contributed by atoms with Gasteiger partial charge < -0.3 is 26.0 Å². The van der Waals surface area contributed by atoms with Gasteiger partial charge in [0.15, 0.2) is 17.7 Å². The van der Waals surface area contributed by atoms with E-state index in [1.165, 1.54) is 29.0 Å². The number of imidazole rings is 1. The van der Waals surface area contributed by atoms with Crippen molar-refractivity contribution in [1.29, 1.82) is 0 Å². The molecule has 0 bridgehead atoms. The second kappa shape index (κ2) is 9.60. The molecule has 0 saturated carbocycles. The topological polar surface area (TPSA) is 215 Å². The van der Waals surface area contributed by atoms with Gasteiger partial charge in [0, 0.05) is 0 Å². The van der Waals surface area contributed by atoms with Crippen molar-refractivity contribution >= 4 is 45.1 Å². The van der Waals surface area contributed by atoms with Crippen molar-refractivity contribution in [2.24, 2.45) is 5.73 Å². The predicted molar refractivity (Wildman–Crippen MR) is 108 cm³/mol. The molecule has 1 aliphatic heterocycles. The number of anilines is 1. The molecule has 0 spiro atoms. The number of hydrogen-bond donors (Lipinski definition) is 4. The second-order valence-corrected chi connectivity index (χ2v) is 8.68. The van der Waals surface area contributed by atoms with Gasteiger partial charge in [-0.1, -0.05) is 0 Å². The highest BCUT2D eigenvalue weighted by Crippen LogP contribution is 2.34. The van der Waals surface area contributed by atoms with Crippen LogP contribution in [-0.4, -0.2) is 86.5 Å². The van der Waals surface area contributed by atoms with Crippen LogP contribution in [0.4, 0.5) is 5.82 Å². The summed E-state index contributed by atoms with van der Waals surface area (Å²) in [6, 6.07) is -0.882. The lowest BCUT2D eigenvalue weighted by Crippen LogP contribution is -2.40. The summed E-state index contributed by atoms with van der Waals surface area (Å²) in [6.07, 6.45) is -1.00. The van der Waals surface area contributed by atoms with E-state index in [1.54, 1.807) is 0 Å². The molecule has 2 aromatic rings. The summed E-state index contributed by atoms with van der Waals surface area (Å²) in [6.45, 7) is -0.483. The number of carbonyl (C=O) groups excluding carboxylic acids is 1. The lowest BCUT2D eigenvalue weighted by Gasteiger charge is -2.19. The minimum Gasteiger partial charge on any atom is -0.462 e. The Kier molecular flexibility index (Phi) is 7.30. The molecule has 2 aromatic heterocycles. The molecule has 31 heavy (non-hydrogen) atoms. The molecule has 0 unspecified atom stereocenters. The minimum absolute atomic E-state index is 0.0895. The number of hydrogen-bond acceptors (Lipinski definition) is 13. The van der Waals surface area contributed by atoms with Crippen LogP contribution < -0.4 is 11.5 Å². The third-order valence-corrected chi connectivity index (χ3v) is 5.64. The van der Waals surface area contributed by atoms with E-state index < -0.39 is 53.6 Å². The fourth-order valence-corrected chi connectivity index (χ4v) is 4.04. The van der Waals surface area contributed by atoms with Crippen molar-refractivity contribution in [3.8, 4) is 0 Å². The van der Waals surface area contributed by atoms with Crippen molar-refractivity contribution in [3.05, 3.63) is 12.7 Å². The van der Waals surface area contributed by atoms with Gasteiger partial charge in [-0.15, -0.1) is 0 Å². The third-order valence-electron chi connectivity index (χ3n) is 4.53. The molecule has 1 fully saturated rings. The number of thioether (sulfide) groups is 1. The Morgan fingerprint density at radius 1 is 1.42 bits per heavy atom. The maximum absolute atomic E-state index is 12.1. The molecule has 14 nitrogen and oxygen atoms in total. The number of fused-ring (bicyclic) bond motifs is 1. The summed E-state index contributed by atoms with van der Waals surface area (Å²) in [5.74, 6) is 0.00550. The fourth-order valence-electron chi connectivity index (χ4n) is 3.03. The monoisotopic (exact) mass is 478 g/mol. The zero-order chi connectivity index (χ0) is 22.8. The van der Waals surface area contributed by atoms with Gasteiger partial charge in [0.2, 0.25) is 0 Å². The molecule has 172 valence electrons. The molecular formula is C15H22N6O8S2. The number of nitrogens with zero attached hydrogens (tertiary/aromatic N) is 4. The Labute approximate surface area is 181 Å². The summed E-state index contributed by atoms with van der Waals surface area (Å²) in [7, 11) is -4.96. The Morgan fingerprint density at radius 2 is 2.16 bits per heavy atom. The highest BCUT2D eigenvalue weighted by Gasteiger charge is 2.48. The van der Waals surface area contributed by atoms with E-state index in [-0.39, 0.29) is 17.0 Å². The van der Waals surface area contributed by atoms with Crippen LogP contribution in [0.15, 0.2) is 12.7 Å². The first-order valence-corrected chi connectivity index (χ1v) is 11.7. The molecule has 1 aliphatic rings. The van der Waals surface area contributed by atoms with Gasteiger partial charge in [0.25, 0.3) is 0 Å². The van der Waals surface area contributed by atoms with Crippen LogP contribution in [0.5, 0.6) is 0 Å². The molecular weight excluding hydrogens is 456 g/mol. The molecule has 1 saturated heterocycles. The van der Waals surface area contributed by atoms with E-state index in [0.717, 1.165) is 0 Å². The van der Waals surface area contributed by atoms with Crippen molar-refractivity contribution < 1.29 is 36.5 Å². The van der Waals surface area contributed by atoms with Gasteiger partial charge in [0.1, 0.15) is 42.8 Å². The van der Waals surface area contributed by atoms with E-state index >= 15 is 0 Å². The zero-order valence-corrected chi connectivity index (χ0v) is 17.9. The molecule has 3 rings (SSSR count). The summed E-state index contributed by atoms with van der Waals surface area (Å²) in [5, 5.41) is 10.7. The predicted octanol–water partition coefficient (Wildman–Crippen LogP) is -1.52. The van der Waals surface area contributed by atoms with Crippen molar-refractivity contribution in [2.45, 2.75) is 37.0 Å². The Bertz CT molecular complexity index is 1030. The van der Waals surface area contributed by atoms with Gasteiger partial charge in [-0.25, -0.2) is 19.1 Å². The van der Waals surface area contributed by atoms with E-state index in [2.05, 4.69) is 19.1 Å². The maximum atomic E-state index is 12.1. The SMILES string of the molecule is CSCC[C@H](N)C(=O)OC[C@H]1O[C@@H](n2cnc3c(N)ncnc32)[C@H](O)[C@@H]1OS(=O)(=O)O. The van der Waals surface area contributed by atoms with Crippen LogP contribution in [0.1, 0.15) is 12.6 Å².